The first-order valence-corrected chi connectivity index (χ1v) is 10.2. The lowest BCUT2D eigenvalue weighted by Gasteiger charge is -2.29. The summed E-state index contributed by atoms with van der Waals surface area (Å²) in [5.41, 5.74) is 1.45. The number of esters is 1. The summed E-state index contributed by atoms with van der Waals surface area (Å²) >= 11 is 2.24. The third kappa shape index (κ3) is 5.77. The van der Waals surface area contributed by atoms with E-state index in [0.717, 1.165) is 18.4 Å². The van der Waals surface area contributed by atoms with Crippen molar-refractivity contribution in [2.24, 2.45) is 0 Å². The quantitative estimate of drug-likeness (QED) is 0.392. The van der Waals surface area contributed by atoms with Crippen molar-refractivity contribution in [1.82, 2.24) is 5.32 Å². The average Bonchev–Trinajstić information content (AvgIpc) is 2.70. The van der Waals surface area contributed by atoms with E-state index in [4.69, 9.17) is 9.47 Å². The SMILES string of the molecule is O=C(N[C@@H](Cc1ccccc1)C(=O)O[C@@H]1OCCC[C@H]1I)c1ccccc1. The normalized spacial score (nSPS) is 20.5. The van der Waals surface area contributed by atoms with Crippen LogP contribution in [0.3, 0.4) is 0 Å². The maximum Gasteiger partial charge on any atom is 0.331 e. The zero-order valence-electron chi connectivity index (χ0n) is 14.8. The number of hydrogen-bond donors (Lipinski definition) is 1. The second-order valence-corrected chi connectivity index (χ2v) is 8.02. The van der Waals surface area contributed by atoms with Crippen LogP contribution in [0.15, 0.2) is 60.7 Å². The standard InChI is InChI=1S/C21H22INO4/c22-17-12-7-13-26-21(17)27-20(25)18(14-15-8-3-1-4-9-15)23-19(24)16-10-5-2-6-11-16/h1-6,8-11,17-18,21H,7,12-14H2,(H,23,24)/t17-,18+,21+/m1/s1. The molecule has 1 fully saturated rings. The molecular formula is C21H22INO4. The highest BCUT2D eigenvalue weighted by Crippen LogP contribution is 2.23. The molecule has 6 heteroatoms. The van der Waals surface area contributed by atoms with E-state index in [1.54, 1.807) is 24.3 Å². The number of ether oxygens (including phenoxy) is 2. The van der Waals surface area contributed by atoms with Gasteiger partial charge in [0.05, 0.1) is 10.5 Å². The van der Waals surface area contributed by atoms with Gasteiger partial charge in [-0.1, -0.05) is 71.1 Å². The minimum atomic E-state index is -0.783. The first-order valence-electron chi connectivity index (χ1n) is 8.99. The van der Waals surface area contributed by atoms with Crippen LogP contribution in [-0.2, 0) is 20.7 Å². The summed E-state index contributed by atoms with van der Waals surface area (Å²) in [4.78, 5) is 25.4. The molecule has 2 aromatic rings. The number of carbonyl (C=O) groups excluding carboxylic acids is 2. The molecule has 0 spiro atoms. The number of halogens is 1. The average molecular weight is 479 g/mol. The summed E-state index contributed by atoms with van der Waals surface area (Å²) in [5.74, 6) is -0.777. The van der Waals surface area contributed by atoms with Gasteiger partial charge in [-0.25, -0.2) is 4.79 Å². The molecule has 0 saturated carbocycles. The van der Waals surface area contributed by atoms with E-state index in [2.05, 4.69) is 27.9 Å². The molecule has 3 rings (SSSR count). The Bertz CT molecular complexity index is 753. The molecule has 1 amide bonds. The monoisotopic (exact) mass is 479 g/mol. The summed E-state index contributed by atoms with van der Waals surface area (Å²) in [6.07, 6.45) is 1.69. The van der Waals surface area contributed by atoms with E-state index in [1.165, 1.54) is 0 Å². The lowest BCUT2D eigenvalue weighted by molar-refractivity contribution is -0.185. The molecule has 0 unspecified atom stereocenters. The molecule has 2 aromatic carbocycles. The molecule has 0 aliphatic carbocycles. The number of alkyl halides is 1. The van der Waals surface area contributed by atoms with Crippen molar-refractivity contribution in [3.8, 4) is 0 Å². The van der Waals surface area contributed by atoms with Crippen LogP contribution in [0, 0.1) is 0 Å². The summed E-state index contributed by atoms with van der Waals surface area (Å²) in [5, 5.41) is 2.81. The Morgan fingerprint density at radius 2 is 1.78 bits per heavy atom. The topological polar surface area (TPSA) is 64.6 Å². The van der Waals surface area contributed by atoms with Crippen LogP contribution in [0.5, 0.6) is 0 Å². The Balaban J connectivity index is 1.72. The first kappa shape index (κ1) is 19.8. The van der Waals surface area contributed by atoms with Gasteiger partial charge in [0.2, 0.25) is 6.29 Å². The number of carbonyl (C=O) groups is 2. The van der Waals surface area contributed by atoms with Crippen molar-refractivity contribution in [3.05, 3.63) is 71.8 Å². The minimum Gasteiger partial charge on any atom is -0.433 e. The fourth-order valence-electron chi connectivity index (χ4n) is 2.90. The number of nitrogens with one attached hydrogen (secondary N) is 1. The van der Waals surface area contributed by atoms with Crippen molar-refractivity contribution in [2.45, 2.75) is 35.5 Å². The fraction of sp³-hybridized carbons (Fsp3) is 0.333. The van der Waals surface area contributed by atoms with E-state index < -0.39 is 18.3 Å². The maximum absolute atomic E-state index is 12.8. The van der Waals surface area contributed by atoms with Gasteiger partial charge in [-0.3, -0.25) is 4.79 Å². The summed E-state index contributed by atoms with van der Waals surface area (Å²) < 4.78 is 11.3. The molecule has 1 N–H and O–H groups in total. The van der Waals surface area contributed by atoms with Gasteiger partial charge in [0, 0.05) is 12.0 Å². The second-order valence-electron chi connectivity index (χ2n) is 6.42. The smallest absolute Gasteiger partial charge is 0.331 e. The fourth-order valence-corrected chi connectivity index (χ4v) is 3.69. The van der Waals surface area contributed by atoms with Gasteiger partial charge in [-0.2, -0.15) is 0 Å². The summed E-state index contributed by atoms with van der Waals surface area (Å²) in [7, 11) is 0. The molecule has 142 valence electrons. The molecular weight excluding hydrogens is 457 g/mol. The Morgan fingerprint density at radius 3 is 2.44 bits per heavy atom. The van der Waals surface area contributed by atoms with Gasteiger partial charge in [0.25, 0.3) is 5.91 Å². The first-order chi connectivity index (χ1) is 13.1. The Morgan fingerprint density at radius 1 is 1.11 bits per heavy atom. The van der Waals surface area contributed by atoms with Crippen molar-refractivity contribution in [3.63, 3.8) is 0 Å². The lowest BCUT2D eigenvalue weighted by atomic mass is 10.1. The largest absolute Gasteiger partial charge is 0.433 e. The van der Waals surface area contributed by atoms with Gasteiger partial charge >= 0.3 is 5.97 Å². The highest BCUT2D eigenvalue weighted by molar-refractivity contribution is 14.1. The number of benzene rings is 2. The predicted octanol–water partition coefficient (Wildman–Crippen LogP) is 3.51. The van der Waals surface area contributed by atoms with Gasteiger partial charge in [0.15, 0.2) is 0 Å². The molecule has 3 atom stereocenters. The summed E-state index contributed by atoms with van der Waals surface area (Å²) in [6, 6.07) is 17.6. The highest BCUT2D eigenvalue weighted by Gasteiger charge is 2.31. The van der Waals surface area contributed by atoms with Crippen molar-refractivity contribution in [1.29, 1.82) is 0 Å². The molecule has 1 saturated heterocycles. The van der Waals surface area contributed by atoms with Crippen LogP contribution in [0.1, 0.15) is 28.8 Å². The van der Waals surface area contributed by atoms with Crippen LogP contribution in [0.4, 0.5) is 0 Å². The third-order valence-corrected chi connectivity index (χ3v) is 5.55. The molecule has 5 nitrogen and oxygen atoms in total. The molecule has 0 radical (unpaired) electrons. The van der Waals surface area contributed by atoms with Gasteiger partial charge < -0.3 is 14.8 Å². The molecule has 0 bridgehead atoms. The van der Waals surface area contributed by atoms with Crippen molar-refractivity contribution < 1.29 is 19.1 Å². The number of hydrogen-bond acceptors (Lipinski definition) is 4. The Kier molecular flexibility index (Phi) is 7.23. The van der Waals surface area contributed by atoms with E-state index in [0.29, 0.717) is 18.6 Å². The van der Waals surface area contributed by atoms with Gasteiger partial charge in [-0.15, -0.1) is 0 Å². The molecule has 1 aliphatic heterocycles. The molecule has 1 heterocycles. The van der Waals surface area contributed by atoms with Crippen LogP contribution >= 0.6 is 22.6 Å². The second kappa shape index (κ2) is 9.85. The minimum absolute atomic E-state index is 0.113. The zero-order chi connectivity index (χ0) is 19.1. The van der Waals surface area contributed by atoms with Crippen LogP contribution in [0.2, 0.25) is 0 Å². The van der Waals surface area contributed by atoms with Crippen LogP contribution < -0.4 is 5.32 Å². The van der Waals surface area contributed by atoms with Crippen molar-refractivity contribution >= 4 is 34.5 Å². The highest BCUT2D eigenvalue weighted by atomic mass is 127. The van der Waals surface area contributed by atoms with Crippen LogP contribution in [-0.4, -0.2) is 34.7 Å². The molecule has 0 aromatic heterocycles. The van der Waals surface area contributed by atoms with E-state index in [9.17, 15) is 9.59 Å². The number of rotatable bonds is 6. The predicted molar refractivity (Wildman–Crippen MR) is 111 cm³/mol. The summed E-state index contributed by atoms with van der Waals surface area (Å²) in [6.45, 7) is 0.581. The third-order valence-electron chi connectivity index (χ3n) is 4.34. The van der Waals surface area contributed by atoms with E-state index >= 15 is 0 Å². The lowest BCUT2D eigenvalue weighted by Crippen LogP contribution is -2.46. The Labute approximate surface area is 172 Å². The van der Waals surface area contributed by atoms with E-state index in [1.807, 2.05) is 36.4 Å². The Hall–Kier alpha value is -1.93. The molecule has 27 heavy (non-hydrogen) atoms. The van der Waals surface area contributed by atoms with Crippen LogP contribution in [0.25, 0.3) is 0 Å². The van der Waals surface area contributed by atoms with Crippen molar-refractivity contribution in [2.75, 3.05) is 6.61 Å². The van der Waals surface area contributed by atoms with Gasteiger partial charge in [-0.05, 0) is 30.5 Å². The van der Waals surface area contributed by atoms with E-state index in [-0.39, 0.29) is 9.83 Å². The number of amides is 1. The maximum atomic E-state index is 12.8. The molecule has 1 aliphatic rings. The zero-order valence-corrected chi connectivity index (χ0v) is 17.0. The van der Waals surface area contributed by atoms with Gasteiger partial charge in [0.1, 0.15) is 6.04 Å².